The van der Waals surface area contributed by atoms with Crippen molar-refractivity contribution in [2.75, 3.05) is 24.3 Å². The molecular weight excluding hydrogens is 350 g/mol. The van der Waals surface area contributed by atoms with Gasteiger partial charge in [0, 0.05) is 36.4 Å². The van der Waals surface area contributed by atoms with Gasteiger partial charge in [0.15, 0.2) is 5.13 Å². The minimum atomic E-state index is 0.898. The largest absolute Gasteiger partial charge is 0.378 e. The number of hydrogen-bond donors (Lipinski definition) is 1. The first kappa shape index (κ1) is 17.3. The molecule has 4 heteroatoms. The second-order valence-corrected chi connectivity index (χ2v) is 7.41. The highest BCUT2D eigenvalue weighted by Crippen LogP contribution is 2.29. The van der Waals surface area contributed by atoms with Crippen LogP contribution < -0.4 is 10.2 Å². The molecule has 0 fully saturated rings. The molecule has 0 amide bonds. The summed E-state index contributed by atoms with van der Waals surface area (Å²) in [6.07, 6.45) is 0. The molecule has 1 heterocycles. The van der Waals surface area contributed by atoms with E-state index in [1.165, 1.54) is 16.8 Å². The summed E-state index contributed by atoms with van der Waals surface area (Å²) in [7, 11) is 4.08. The van der Waals surface area contributed by atoms with Crippen LogP contribution in [0, 0.1) is 0 Å². The highest BCUT2D eigenvalue weighted by atomic mass is 32.1. The van der Waals surface area contributed by atoms with Crippen LogP contribution in [0.25, 0.3) is 22.4 Å². The van der Waals surface area contributed by atoms with Gasteiger partial charge in [0.05, 0.1) is 5.69 Å². The molecule has 27 heavy (non-hydrogen) atoms. The van der Waals surface area contributed by atoms with Gasteiger partial charge in [-0.05, 0) is 35.4 Å². The Morgan fingerprint density at radius 3 is 2.04 bits per heavy atom. The summed E-state index contributed by atoms with van der Waals surface area (Å²) in [6.45, 7) is 0. The van der Waals surface area contributed by atoms with Gasteiger partial charge in [-0.15, -0.1) is 11.3 Å². The van der Waals surface area contributed by atoms with Gasteiger partial charge in [0.1, 0.15) is 0 Å². The van der Waals surface area contributed by atoms with Gasteiger partial charge in [-0.3, -0.25) is 0 Å². The monoisotopic (exact) mass is 371 g/mol. The summed E-state index contributed by atoms with van der Waals surface area (Å²) in [4.78, 5) is 6.82. The van der Waals surface area contributed by atoms with E-state index in [1.54, 1.807) is 11.3 Å². The van der Waals surface area contributed by atoms with Gasteiger partial charge >= 0.3 is 0 Å². The predicted molar refractivity (Wildman–Crippen MR) is 117 cm³/mol. The molecule has 0 aliphatic rings. The molecule has 3 aromatic carbocycles. The molecule has 1 N–H and O–H groups in total. The van der Waals surface area contributed by atoms with Crippen molar-refractivity contribution in [3.05, 3.63) is 84.2 Å². The molecule has 134 valence electrons. The second-order valence-electron chi connectivity index (χ2n) is 6.55. The number of benzene rings is 3. The molecule has 0 saturated heterocycles. The molecule has 0 saturated carbocycles. The normalized spacial score (nSPS) is 10.6. The molecule has 4 rings (SSSR count). The van der Waals surface area contributed by atoms with Crippen LogP contribution in [0.5, 0.6) is 0 Å². The summed E-state index contributed by atoms with van der Waals surface area (Å²) in [5.41, 5.74) is 6.79. The van der Waals surface area contributed by atoms with Crippen molar-refractivity contribution in [2.45, 2.75) is 0 Å². The third kappa shape index (κ3) is 4.01. The fourth-order valence-corrected chi connectivity index (χ4v) is 3.63. The molecule has 0 aliphatic carbocycles. The zero-order valence-corrected chi connectivity index (χ0v) is 16.2. The van der Waals surface area contributed by atoms with Crippen molar-refractivity contribution in [1.82, 2.24) is 4.98 Å². The minimum Gasteiger partial charge on any atom is -0.378 e. The van der Waals surface area contributed by atoms with Crippen LogP contribution in [-0.2, 0) is 0 Å². The standard InChI is InChI=1S/C23H21N3S/c1-26(2)21-14-12-20(13-15-21)24-23-25-22(16-27-23)19-10-8-18(9-11-19)17-6-4-3-5-7-17/h3-16H,1-2H3,(H,24,25). The van der Waals surface area contributed by atoms with E-state index >= 15 is 0 Å². The molecule has 3 nitrogen and oxygen atoms in total. The summed E-state index contributed by atoms with van der Waals surface area (Å²) < 4.78 is 0. The van der Waals surface area contributed by atoms with Gasteiger partial charge < -0.3 is 10.2 Å². The molecule has 0 radical (unpaired) electrons. The van der Waals surface area contributed by atoms with Crippen molar-refractivity contribution in [3.63, 3.8) is 0 Å². The Morgan fingerprint density at radius 2 is 1.37 bits per heavy atom. The van der Waals surface area contributed by atoms with E-state index in [0.29, 0.717) is 0 Å². The van der Waals surface area contributed by atoms with Crippen molar-refractivity contribution < 1.29 is 0 Å². The van der Waals surface area contributed by atoms with Crippen LogP contribution in [0.1, 0.15) is 0 Å². The first-order chi connectivity index (χ1) is 13.2. The number of rotatable bonds is 5. The van der Waals surface area contributed by atoms with Crippen LogP contribution >= 0.6 is 11.3 Å². The third-order valence-electron chi connectivity index (χ3n) is 4.43. The zero-order chi connectivity index (χ0) is 18.6. The Labute approximate surface area is 164 Å². The van der Waals surface area contributed by atoms with E-state index < -0.39 is 0 Å². The van der Waals surface area contributed by atoms with Crippen molar-refractivity contribution >= 4 is 27.8 Å². The van der Waals surface area contributed by atoms with E-state index in [9.17, 15) is 0 Å². The Morgan fingerprint density at radius 1 is 0.741 bits per heavy atom. The Kier molecular flexibility index (Phi) is 4.90. The Hall–Kier alpha value is -3.11. The van der Waals surface area contributed by atoms with Gasteiger partial charge in [-0.25, -0.2) is 4.98 Å². The first-order valence-electron chi connectivity index (χ1n) is 8.85. The molecule has 4 aromatic rings. The lowest BCUT2D eigenvalue weighted by molar-refractivity contribution is 1.13. The quantitative estimate of drug-likeness (QED) is 0.447. The van der Waals surface area contributed by atoms with E-state index in [4.69, 9.17) is 4.98 Å². The summed E-state index contributed by atoms with van der Waals surface area (Å²) in [6, 6.07) is 27.3. The predicted octanol–water partition coefficient (Wildman–Crippen LogP) is 6.29. The molecule has 1 aromatic heterocycles. The molecule has 0 spiro atoms. The molecule has 0 bridgehead atoms. The summed E-state index contributed by atoms with van der Waals surface area (Å²) in [5, 5.41) is 6.38. The maximum absolute atomic E-state index is 4.73. The SMILES string of the molecule is CN(C)c1ccc(Nc2nc(-c3ccc(-c4ccccc4)cc3)cs2)cc1. The van der Waals surface area contributed by atoms with Gasteiger partial charge in [-0.1, -0.05) is 54.6 Å². The van der Waals surface area contributed by atoms with E-state index in [2.05, 4.69) is 88.4 Å². The number of thiazole rings is 1. The van der Waals surface area contributed by atoms with Gasteiger partial charge in [0.25, 0.3) is 0 Å². The average Bonchev–Trinajstić information content (AvgIpc) is 3.18. The Bertz CT molecular complexity index is 1000. The maximum atomic E-state index is 4.73. The lowest BCUT2D eigenvalue weighted by atomic mass is 10.0. The summed E-state index contributed by atoms with van der Waals surface area (Å²) in [5.74, 6) is 0. The maximum Gasteiger partial charge on any atom is 0.187 e. The number of anilines is 3. The number of nitrogens with zero attached hydrogens (tertiary/aromatic N) is 2. The van der Waals surface area contributed by atoms with Crippen molar-refractivity contribution in [3.8, 4) is 22.4 Å². The average molecular weight is 372 g/mol. The lowest BCUT2D eigenvalue weighted by Crippen LogP contribution is -2.08. The smallest absolute Gasteiger partial charge is 0.187 e. The Balaban J connectivity index is 1.49. The molecule has 0 aliphatic heterocycles. The van der Waals surface area contributed by atoms with Crippen molar-refractivity contribution in [1.29, 1.82) is 0 Å². The molecular formula is C23H21N3S. The van der Waals surface area contributed by atoms with Crippen LogP contribution in [-0.4, -0.2) is 19.1 Å². The molecule has 0 unspecified atom stereocenters. The van der Waals surface area contributed by atoms with Crippen LogP contribution in [0.15, 0.2) is 84.2 Å². The highest BCUT2D eigenvalue weighted by Gasteiger charge is 2.06. The highest BCUT2D eigenvalue weighted by molar-refractivity contribution is 7.14. The van der Waals surface area contributed by atoms with E-state index in [1.807, 2.05) is 20.2 Å². The van der Waals surface area contributed by atoms with Crippen LogP contribution in [0.4, 0.5) is 16.5 Å². The van der Waals surface area contributed by atoms with Gasteiger partial charge in [0.2, 0.25) is 0 Å². The summed E-state index contributed by atoms with van der Waals surface area (Å²) >= 11 is 1.62. The number of hydrogen-bond acceptors (Lipinski definition) is 4. The van der Waals surface area contributed by atoms with Crippen LogP contribution in [0.3, 0.4) is 0 Å². The van der Waals surface area contributed by atoms with E-state index in [-0.39, 0.29) is 0 Å². The molecule has 0 atom stereocenters. The first-order valence-corrected chi connectivity index (χ1v) is 9.73. The third-order valence-corrected chi connectivity index (χ3v) is 5.18. The zero-order valence-electron chi connectivity index (χ0n) is 15.4. The van der Waals surface area contributed by atoms with E-state index in [0.717, 1.165) is 22.1 Å². The topological polar surface area (TPSA) is 28.2 Å². The number of aromatic nitrogens is 1. The van der Waals surface area contributed by atoms with Crippen LogP contribution in [0.2, 0.25) is 0 Å². The fourth-order valence-electron chi connectivity index (χ4n) is 2.89. The number of nitrogens with one attached hydrogen (secondary N) is 1. The minimum absolute atomic E-state index is 0.898. The van der Waals surface area contributed by atoms with Gasteiger partial charge in [-0.2, -0.15) is 0 Å². The fraction of sp³-hybridized carbons (Fsp3) is 0.0870. The van der Waals surface area contributed by atoms with Crippen molar-refractivity contribution in [2.24, 2.45) is 0 Å². The lowest BCUT2D eigenvalue weighted by Gasteiger charge is -2.12. The second kappa shape index (κ2) is 7.64.